The Morgan fingerprint density at radius 2 is 1.84 bits per heavy atom. The number of thiophene rings is 1. The summed E-state index contributed by atoms with van der Waals surface area (Å²) in [5.41, 5.74) is 3.48. The molecule has 3 aromatic rings. The molecule has 6 nitrogen and oxygen atoms in total. The summed E-state index contributed by atoms with van der Waals surface area (Å²) in [5, 5.41) is 17.5. The van der Waals surface area contributed by atoms with Crippen LogP contribution < -0.4 is 10.2 Å². The Morgan fingerprint density at radius 1 is 1.12 bits per heavy atom. The van der Waals surface area contributed by atoms with Crippen molar-refractivity contribution in [3.8, 4) is 5.75 Å². The maximum Gasteiger partial charge on any atom is 0.269 e. The normalized spacial score (nSPS) is 11.2. The highest BCUT2D eigenvalue weighted by Crippen LogP contribution is 2.20. The number of non-ortho nitro benzene ring substituents is 1. The van der Waals surface area contributed by atoms with Crippen molar-refractivity contribution in [1.82, 2.24) is 0 Å². The van der Waals surface area contributed by atoms with Gasteiger partial charge in [0.2, 0.25) is 0 Å². The van der Waals surface area contributed by atoms with Crippen LogP contribution in [0.1, 0.15) is 4.88 Å². The van der Waals surface area contributed by atoms with E-state index >= 15 is 0 Å². The van der Waals surface area contributed by atoms with Crippen LogP contribution >= 0.6 is 22.9 Å². The van der Waals surface area contributed by atoms with Crippen molar-refractivity contribution in [1.29, 1.82) is 0 Å². The Labute approximate surface area is 152 Å². The molecule has 3 rings (SSSR count). The minimum atomic E-state index is -0.451. The van der Waals surface area contributed by atoms with Gasteiger partial charge in [-0.25, -0.2) is 0 Å². The highest BCUT2D eigenvalue weighted by molar-refractivity contribution is 7.12. The Kier molecular flexibility index (Phi) is 5.27. The van der Waals surface area contributed by atoms with Crippen LogP contribution in [0.3, 0.4) is 0 Å². The van der Waals surface area contributed by atoms with Crippen LogP contribution in [0.25, 0.3) is 0 Å². The molecule has 0 saturated carbocycles. The monoisotopic (exact) mass is 373 g/mol. The van der Waals surface area contributed by atoms with Crippen LogP contribution in [-0.4, -0.2) is 10.8 Å². The molecule has 0 spiro atoms. The summed E-state index contributed by atoms with van der Waals surface area (Å²) in [5.74, 6) is 0.984. The second kappa shape index (κ2) is 7.78. The molecule has 0 aliphatic carbocycles. The summed E-state index contributed by atoms with van der Waals surface area (Å²) in [6.45, 7) is 0. The fourth-order valence-corrected chi connectivity index (χ4v) is 2.69. The summed E-state index contributed by atoms with van der Waals surface area (Å²) in [7, 11) is 0. The first-order valence-electron chi connectivity index (χ1n) is 7.17. The lowest BCUT2D eigenvalue weighted by molar-refractivity contribution is -0.384. The average molecular weight is 374 g/mol. The summed E-state index contributed by atoms with van der Waals surface area (Å²) in [6, 6.07) is 16.7. The van der Waals surface area contributed by atoms with Crippen LogP contribution in [0.4, 0.5) is 11.4 Å². The molecule has 1 heterocycles. The molecule has 1 N–H and O–H groups in total. The smallest absolute Gasteiger partial charge is 0.269 e. The molecule has 0 radical (unpaired) electrons. The minimum absolute atomic E-state index is 0.0189. The van der Waals surface area contributed by atoms with E-state index in [0.717, 1.165) is 4.88 Å². The van der Waals surface area contributed by atoms with E-state index in [1.54, 1.807) is 36.4 Å². The molecule has 2 aromatic carbocycles. The van der Waals surface area contributed by atoms with E-state index in [2.05, 4.69) is 10.5 Å². The van der Waals surface area contributed by atoms with Crippen molar-refractivity contribution < 1.29 is 9.66 Å². The quantitative estimate of drug-likeness (QED) is 0.290. The Morgan fingerprint density at radius 3 is 2.44 bits per heavy atom. The zero-order valence-electron chi connectivity index (χ0n) is 12.8. The van der Waals surface area contributed by atoms with Gasteiger partial charge >= 0.3 is 0 Å². The van der Waals surface area contributed by atoms with Crippen LogP contribution in [0, 0.1) is 10.1 Å². The summed E-state index contributed by atoms with van der Waals surface area (Å²) >= 11 is 7.36. The lowest BCUT2D eigenvalue weighted by atomic mass is 10.3. The van der Waals surface area contributed by atoms with E-state index in [0.29, 0.717) is 22.4 Å². The van der Waals surface area contributed by atoms with Crippen LogP contribution in [-0.2, 0) is 0 Å². The van der Waals surface area contributed by atoms with Gasteiger partial charge in [-0.15, -0.1) is 16.4 Å². The number of halogens is 1. The molecule has 25 heavy (non-hydrogen) atoms. The van der Waals surface area contributed by atoms with Gasteiger partial charge in [-0.1, -0.05) is 17.7 Å². The van der Waals surface area contributed by atoms with Crippen molar-refractivity contribution in [3.63, 3.8) is 0 Å². The zero-order chi connectivity index (χ0) is 17.6. The van der Waals surface area contributed by atoms with Gasteiger partial charge in [0.15, 0.2) is 0 Å². The van der Waals surface area contributed by atoms with Gasteiger partial charge in [-0.2, -0.15) is 0 Å². The molecule has 0 amide bonds. The SMILES string of the molecule is O=[N+]([O-])c1ccc(N/N=C(/Oc2ccc(Cl)cc2)c2cccs2)cc1. The number of nitro benzene ring substituents is 1. The molecule has 0 atom stereocenters. The third-order valence-electron chi connectivity index (χ3n) is 3.12. The maximum absolute atomic E-state index is 10.7. The highest BCUT2D eigenvalue weighted by atomic mass is 35.5. The fourth-order valence-electron chi connectivity index (χ4n) is 1.92. The summed E-state index contributed by atoms with van der Waals surface area (Å²) < 4.78 is 5.83. The van der Waals surface area contributed by atoms with Gasteiger partial charge in [0, 0.05) is 17.2 Å². The molecule has 8 heteroatoms. The second-order valence-corrected chi connectivity index (χ2v) is 6.25. The minimum Gasteiger partial charge on any atom is -0.437 e. The largest absolute Gasteiger partial charge is 0.437 e. The first kappa shape index (κ1) is 16.9. The molecule has 1 aromatic heterocycles. The van der Waals surface area contributed by atoms with E-state index in [1.165, 1.54) is 23.5 Å². The van der Waals surface area contributed by atoms with Crippen molar-refractivity contribution in [2.45, 2.75) is 0 Å². The third kappa shape index (κ3) is 4.56. The molecule has 0 unspecified atom stereocenters. The van der Waals surface area contributed by atoms with Gasteiger partial charge in [-0.3, -0.25) is 15.5 Å². The van der Waals surface area contributed by atoms with Gasteiger partial charge < -0.3 is 4.74 Å². The topological polar surface area (TPSA) is 76.8 Å². The van der Waals surface area contributed by atoms with Crippen molar-refractivity contribution in [2.24, 2.45) is 5.10 Å². The molecule has 0 aliphatic heterocycles. The first-order valence-corrected chi connectivity index (χ1v) is 8.43. The second-order valence-electron chi connectivity index (χ2n) is 4.87. The Hall–Kier alpha value is -2.90. The number of hydrogen-bond acceptors (Lipinski definition) is 6. The maximum atomic E-state index is 10.7. The molecular weight excluding hydrogens is 362 g/mol. The number of ether oxygens (including phenoxy) is 1. The van der Waals surface area contributed by atoms with E-state index in [-0.39, 0.29) is 5.69 Å². The Bertz CT molecular complexity index is 879. The lowest BCUT2D eigenvalue weighted by Gasteiger charge is -2.08. The lowest BCUT2D eigenvalue weighted by Crippen LogP contribution is -2.11. The summed E-state index contributed by atoms with van der Waals surface area (Å²) in [4.78, 5) is 11.1. The van der Waals surface area contributed by atoms with Gasteiger partial charge in [0.05, 0.1) is 15.5 Å². The number of nitrogens with one attached hydrogen (secondary N) is 1. The molecule has 0 bridgehead atoms. The number of anilines is 1. The predicted octanol–water partition coefficient (Wildman–Crippen LogP) is 5.16. The highest BCUT2D eigenvalue weighted by Gasteiger charge is 2.09. The number of hydrazone groups is 1. The van der Waals surface area contributed by atoms with Gasteiger partial charge in [0.1, 0.15) is 5.75 Å². The van der Waals surface area contributed by atoms with Crippen molar-refractivity contribution in [3.05, 3.63) is 86.1 Å². The number of nitro groups is 1. The number of rotatable bonds is 5. The van der Waals surface area contributed by atoms with Gasteiger partial charge in [0.25, 0.3) is 11.6 Å². The van der Waals surface area contributed by atoms with Crippen molar-refractivity contribution >= 4 is 40.2 Å². The Balaban J connectivity index is 1.80. The molecule has 0 saturated heterocycles. The van der Waals surface area contributed by atoms with E-state index in [1.807, 2.05) is 17.5 Å². The molecule has 0 aliphatic rings. The van der Waals surface area contributed by atoms with Crippen molar-refractivity contribution in [2.75, 3.05) is 5.43 Å². The number of benzene rings is 2. The van der Waals surface area contributed by atoms with E-state index in [4.69, 9.17) is 16.3 Å². The number of hydrogen-bond donors (Lipinski definition) is 1. The van der Waals surface area contributed by atoms with E-state index < -0.39 is 4.92 Å². The van der Waals surface area contributed by atoms with Crippen LogP contribution in [0.2, 0.25) is 5.02 Å². The molecule has 126 valence electrons. The summed E-state index contributed by atoms with van der Waals surface area (Å²) in [6.07, 6.45) is 0. The molecule has 0 fully saturated rings. The fraction of sp³-hybridized carbons (Fsp3) is 0. The molecular formula is C17H12ClN3O3S. The number of nitrogens with zero attached hydrogens (tertiary/aromatic N) is 2. The third-order valence-corrected chi connectivity index (χ3v) is 4.23. The van der Waals surface area contributed by atoms with Crippen LogP contribution in [0.15, 0.2) is 71.1 Å². The van der Waals surface area contributed by atoms with E-state index in [9.17, 15) is 10.1 Å². The van der Waals surface area contributed by atoms with Crippen LogP contribution in [0.5, 0.6) is 5.75 Å². The first-order chi connectivity index (χ1) is 12.1. The zero-order valence-corrected chi connectivity index (χ0v) is 14.3. The standard InChI is InChI=1S/C17H12ClN3O3S/c18-12-3-9-15(10-4-12)24-17(16-2-1-11-25-16)20-19-13-5-7-14(8-6-13)21(22)23/h1-11,19H/b20-17+. The predicted molar refractivity (Wildman–Crippen MR) is 99.7 cm³/mol. The average Bonchev–Trinajstić information content (AvgIpc) is 3.15. The van der Waals surface area contributed by atoms with Gasteiger partial charge in [-0.05, 0) is 47.8 Å².